The molecule has 3 aromatic rings. The highest BCUT2D eigenvalue weighted by Gasteiger charge is 2.34. The van der Waals surface area contributed by atoms with E-state index >= 15 is 0 Å². The van der Waals surface area contributed by atoms with Crippen LogP contribution in [0.25, 0.3) is 0 Å². The number of hydrogen-bond acceptors (Lipinski definition) is 3. The Bertz CT molecular complexity index is 1120. The quantitative estimate of drug-likeness (QED) is 0.586. The Kier molecular flexibility index (Phi) is 7.15. The first-order chi connectivity index (χ1) is 16.0. The molecular weight excluding hydrogens is 417 g/mol. The van der Waals surface area contributed by atoms with Gasteiger partial charge in [-0.25, -0.2) is 4.39 Å². The summed E-state index contributed by atoms with van der Waals surface area (Å²) in [6.45, 7) is 0.748. The molecule has 1 heterocycles. The second-order valence-electron chi connectivity index (χ2n) is 8.47. The Morgan fingerprint density at radius 1 is 0.970 bits per heavy atom. The molecule has 0 aliphatic carbocycles. The number of carbonyl (C=O) groups excluding carboxylic acids is 2. The highest BCUT2D eigenvalue weighted by molar-refractivity contribution is 5.88. The molecule has 3 aromatic carbocycles. The van der Waals surface area contributed by atoms with E-state index < -0.39 is 12.1 Å². The molecule has 0 spiro atoms. The smallest absolute Gasteiger partial charge is 0.243 e. The van der Waals surface area contributed by atoms with E-state index in [0.29, 0.717) is 25.1 Å². The predicted octanol–water partition coefficient (Wildman–Crippen LogP) is 3.36. The van der Waals surface area contributed by atoms with Crippen molar-refractivity contribution in [3.63, 3.8) is 0 Å². The number of nitrogens with two attached hydrogens (primary N) is 1. The van der Waals surface area contributed by atoms with Crippen LogP contribution in [0.2, 0.25) is 0 Å². The lowest BCUT2D eigenvalue weighted by Gasteiger charge is -2.36. The summed E-state index contributed by atoms with van der Waals surface area (Å²) in [7, 11) is 0. The van der Waals surface area contributed by atoms with Crippen molar-refractivity contribution in [2.75, 3.05) is 0 Å². The zero-order valence-corrected chi connectivity index (χ0v) is 18.4. The number of hydrogen-bond donors (Lipinski definition) is 2. The Morgan fingerprint density at radius 2 is 1.64 bits per heavy atom. The highest BCUT2D eigenvalue weighted by Crippen LogP contribution is 2.25. The Morgan fingerprint density at radius 3 is 2.39 bits per heavy atom. The monoisotopic (exact) mass is 445 g/mol. The number of rotatable bonds is 7. The highest BCUT2D eigenvalue weighted by atomic mass is 19.1. The van der Waals surface area contributed by atoms with E-state index in [1.165, 1.54) is 6.07 Å². The third-order valence-corrected chi connectivity index (χ3v) is 6.06. The number of halogens is 1. The molecule has 4 rings (SSSR count). The van der Waals surface area contributed by atoms with E-state index in [9.17, 15) is 14.0 Å². The van der Waals surface area contributed by atoms with Gasteiger partial charge in [-0.2, -0.15) is 0 Å². The van der Waals surface area contributed by atoms with Gasteiger partial charge in [0.1, 0.15) is 11.9 Å². The number of amides is 2. The standard InChI is InChI=1S/C27H28FN3O2/c28-24-13-7-6-11-21(24)14-23(29)16-26(32)31-18-22-12-5-4-10-20(22)15-25(31)27(33)30-17-19-8-2-1-3-9-19/h1-13,23,25H,14-18,29H2,(H,30,33)/t23?,25-/m0/s1. The second kappa shape index (κ2) is 10.4. The fourth-order valence-electron chi connectivity index (χ4n) is 4.28. The topological polar surface area (TPSA) is 75.4 Å². The van der Waals surface area contributed by atoms with Crippen LogP contribution in [0.15, 0.2) is 78.9 Å². The first-order valence-electron chi connectivity index (χ1n) is 11.2. The van der Waals surface area contributed by atoms with Crippen LogP contribution in [0.5, 0.6) is 0 Å². The lowest BCUT2D eigenvalue weighted by atomic mass is 9.92. The van der Waals surface area contributed by atoms with E-state index in [4.69, 9.17) is 5.73 Å². The number of fused-ring (bicyclic) bond motifs is 1. The lowest BCUT2D eigenvalue weighted by Crippen LogP contribution is -2.53. The van der Waals surface area contributed by atoms with Crippen LogP contribution < -0.4 is 11.1 Å². The van der Waals surface area contributed by atoms with Crippen molar-refractivity contribution in [2.45, 2.75) is 44.4 Å². The lowest BCUT2D eigenvalue weighted by molar-refractivity contribution is -0.142. The van der Waals surface area contributed by atoms with Crippen molar-refractivity contribution >= 4 is 11.8 Å². The first-order valence-corrected chi connectivity index (χ1v) is 11.2. The van der Waals surface area contributed by atoms with Crippen LogP contribution in [0.3, 0.4) is 0 Å². The predicted molar refractivity (Wildman–Crippen MR) is 125 cm³/mol. The SMILES string of the molecule is NC(CC(=O)N1Cc2ccccc2C[C@H]1C(=O)NCc1ccccc1)Cc1ccccc1F. The van der Waals surface area contributed by atoms with Gasteiger partial charge in [0, 0.05) is 32.0 Å². The van der Waals surface area contributed by atoms with Gasteiger partial charge < -0.3 is 16.0 Å². The van der Waals surface area contributed by atoms with Gasteiger partial charge in [-0.1, -0.05) is 72.8 Å². The minimum atomic E-state index is -0.614. The van der Waals surface area contributed by atoms with Gasteiger partial charge >= 0.3 is 0 Å². The molecule has 0 fully saturated rings. The molecule has 33 heavy (non-hydrogen) atoms. The van der Waals surface area contributed by atoms with Crippen LogP contribution in [0.4, 0.5) is 4.39 Å². The maximum absolute atomic E-state index is 14.0. The summed E-state index contributed by atoms with van der Waals surface area (Å²) in [5.41, 5.74) is 9.79. The summed E-state index contributed by atoms with van der Waals surface area (Å²) >= 11 is 0. The molecule has 0 saturated heterocycles. The summed E-state index contributed by atoms with van der Waals surface area (Å²) in [5.74, 6) is -0.719. The molecule has 5 nitrogen and oxygen atoms in total. The maximum atomic E-state index is 14.0. The van der Waals surface area contributed by atoms with Gasteiger partial charge in [0.15, 0.2) is 0 Å². The summed E-state index contributed by atoms with van der Waals surface area (Å²) in [6.07, 6.45) is 0.748. The van der Waals surface area contributed by atoms with Crippen LogP contribution in [-0.4, -0.2) is 28.8 Å². The molecule has 1 unspecified atom stereocenters. The van der Waals surface area contributed by atoms with E-state index in [-0.39, 0.29) is 30.5 Å². The van der Waals surface area contributed by atoms with Crippen molar-refractivity contribution in [2.24, 2.45) is 5.73 Å². The Hall–Kier alpha value is -3.51. The molecule has 0 aromatic heterocycles. The minimum Gasteiger partial charge on any atom is -0.350 e. The molecule has 3 N–H and O–H groups in total. The number of nitrogens with one attached hydrogen (secondary N) is 1. The average Bonchev–Trinajstić information content (AvgIpc) is 2.83. The molecule has 2 amide bonds. The maximum Gasteiger partial charge on any atom is 0.243 e. The molecule has 0 radical (unpaired) electrons. The van der Waals surface area contributed by atoms with E-state index in [1.54, 1.807) is 23.1 Å². The van der Waals surface area contributed by atoms with Crippen LogP contribution in [0, 0.1) is 5.82 Å². The van der Waals surface area contributed by atoms with Crippen LogP contribution in [0.1, 0.15) is 28.7 Å². The van der Waals surface area contributed by atoms with Gasteiger partial charge in [0.25, 0.3) is 0 Å². The summed E-state index contributed by atoms with van der Waals surface area (Å²) in [6, 6.07) is 22.8. The molecule has 1 aliphatic rings. The molecule has 2 atom stereocenters. The van der Waals surface area contributed by atoms with Crippen LogP contribution in [-0.2, 0) is 35.5 Å². The third-order valence-electron chi connectivity index (χ3n) is 6.06. The van der Waals surface area contributed by atoms with Crippen molar-refractivity contribution in [1.29, 1.82) is 0 Å². The zero-order valence-electron chi connectivity index (χ0n) is 18.4. The van der Waals surface area contributed by atoms with Gasteiger partial charge in [0.05, 0.1) is 0 Å². The van der Waals surface area contributed by atoms with Gasteiger partial charge in [0.2, 0.25) is 11.8 Å². The fourth-order valence-corrected chi connectivity index (χ4v) is 4.28. The molecule has 6 heteroatoms. The van der Waals surface area contributed by atoms with Crippen molar-refractivity contribution < 1.29 is 14.0 Å². The van der Waals surface area contributed by atoms with Gasteiger partial charge in [-0.3, -0.25) is 9.59 Å². The zero-order chi connectivity index (χ0) is 23.2. The fraction of sp³-hybridized carbons (Fsp3) is 0.259. The van der Waals surface area contributed by atoms with E-state index in [1.807, 2.05) is 54.6 Å². The van der Waals surface area contributed by atoms with E-state index in [0.717, 1.165) is 16.7 Å². The second-order valence-corrected chi connectivity index (χ2v) is 8.47. The third kappa shape index (κ3) is 5.65. The summed E-state index contributed by atoms with van der Waals surface area (Å²) in [5, 5.41) is 2.97. The molecule has 0 saturated carbocycles. The average molecular weight is 446 g/mol. The summed E-state index contributed by atoms with van der Waals surface area (Å²) in [4.78, 5) is 28.0. The molecular formula is C27H28FN3O2. The van der Waals surface area contributed by atoms with E-state index in [2.05, 4.69) is 5.32 Å². The molecule has 170 valence electrons. The number of benzene rings is 3. The Balaban J connectivity index is 1.47. The summed E-state index contributed by atoms with van der Waals surface area (Å²) < 4.78 is 14.0. The minimum absolute atomic E-state index is 0.0406. The van der Waals surface area contributed by atoms with Crippen molar-refractivity contribution in [3.8, 4) is 0 Å². The normalized spacial score (nSPS) is 16.1. The van der Waals surface area contributed by atoms with Gasteiger partial charge in [-0.15, -0.1) is 0 Å². The molecule has 1 aliphatic heterocycles. The van der Waals surface area contributed by atoms with Crippen molar-refractivity contribution in [3.05, 3.63) is 107 Å². The largest absolute Gasteiger partial charge is 0.350 e. The van der Waals surface area contributed by atoms with Crippen LogP contribution >= 0.6 is 0 Å². The number of carbonyl (C=O) groups is 2. The first kappa shape index (κ1) is 22.7. The molecule has 0 bridgehead atoms. The Labute approximate surface area is 193 Å². The van der Waals surface area contributed by atoms with Gasteiger partial charge in [-0.05, 0) is 34.7 Å². The number of nitrogens with zero attached hydrogens (tertiary/aromatic N) is 1. The van der Waals surface area contributed by atoms with Crippen molar-refractivity contribution in [1.82, 2.24) is 10.2 Å².